The number of ether oxygens (including phenoxy) is 2. The fraction of sp³-hybridized carbons (Fsp3) is 0.600. The maximum Gasteiger partial charge on any atom is 0.311 e. The van der Waals surface area contributed by atoms with Crippen molar-refractivity contribution in [1.82, 2.24) is 0 Å². The SMILES string of the molecule is Cc1cc(C)c(OC(=O)CC2CCC(CC3CCC(CC(=O)Oc4c(C)cc(C)cc4C)CC3)CC2)c(C)c1. The molecule has 0 saturated heterocycles. The van der Waals surface area contributed by atoms with Crippen LogP contribution in [0, 0.1) is 65.2 Å². The zero-order valence-electron chi connectivity index (χ0n) is 25.0. The molecule has 2 aromatic rings. The van der Waals surface area contributed by atoms with Gasteiger partial charge in [0, 0.05) is 12.8 Å². The Labute approximate surface area is 235 Å². The van der Waals surface area contributed by atoms with Crippen molar-refractivity contribution in [1.29, 1.82) is 0 Å². The first-order valence-corrected chi connectivity index (χ1v) is 15.1. The number of hydrogen-bond acceptors (Lipinski definition) is 4. The highest BCUT2D eigenvalue weighted by Crippen LogP contribution is 2.40. The van der Waals surface area contributed by atoms with Crippen molar-refractivity contribution in [3.8, 4) is 11.5 Å². The third-order valence-corrected chi connectivity index (χ3v) is 9.15. The first-order chi connectivity index (χ1) is 18.6. The van der Waals surface area contributed by atoms with E-state index in [0.29, 0.717) is 24.7 Å². The topological polar surface area (TPSA) is 52.6 Å². The van der Waals surface area contributed by atoms with Gasteiger partial charge in [0.2, 0.25) is 0 Å². The summed E-state index contributed by atoms with van der Waals surface area (Å²) in [5.41, 5.74) is 6.53. The molecule has 0 aliphatic heterocycles. The van der Waals surface area contributed by atoms with E-state index in [0.717, 1.165) is 71.3 Å². The summed E-state index contributed by atoms with van der Waals surface area (Å²) in [5.74, 6) is 3.75. The van der Waals surface area contributed by atoms with Crippen molar-refractivity contribution in [2.75, 3.05) is 0 Å². The Kier molecular flexibility index (Phi) is 9.91. The number of carbonyl (C=O) groups excluding carboxylic acids is 2. The normalized spacial score (nSPS) is 23.3. The van der Waals surface area contributed by atoms with E-state index in [1.165, 1.54) is 43.2 Å². The van der Waals surface area contributed by atoms with Crippen LogP contribution >= 0.6 is 0 Å². The zero-order chi connectivity index (χ0) is 28.1. The molecule has 0 heterocycles. The molecule has 2 aromatic carbocycles. The Hall–Kier alpha value is -2.62. The molecule has 0 radical (unpaired) electrons. The monoisotopic (exact) mass is 532 g/mol. The van der Waals surface area contributed by atoms with Crippen LogP contribution in [0.5, 0.6) is 11.5 Å². The van der Waals surface area contributed by atoms with Crippen molar-refractivity contribution >= 4 is 11.9 Å². The zero-order valence-corrected chi connectivity index (χ0v) is 25.0. The Morgan fingerprint density at radius 1 is 0.538 bits per heavy atom. The van der Waals surface area contributed by atoms with E-state index in [9.17, 15) is 9.59 Å². The molecule has 4 nitrogen and oxygen atoms in total. The van der Waals surface area contributed by atoms with Crippen LogP contribution in [0.2, 0.25) is 0 Å². The molecule has 0 N–H and O–H groups in total. The minimum atomic E-state index is -0.0851. The summed E-state index contributed by atoms with van der Waals surface area (Å²) in [6.07, 6.45) is 11.8. The van der Waals surface area contributed by atoms with Crippen molar-refractivity contribution in [2.45, 2.75) is 112 Å². The lowest BCUT2D eigenvalue weighted by Gasteiger charge is -2.34. The Bertz CT molecular complexity index is 1030. The van der Waals surface area contributed by atoms with Gasteiger partial charge in [0.25, 0.3) is 0 Å². The van der Waals surface area contributed by atoms with Crippen LogP contribution < -0.4 is 9.47 Å². The van der Waals surface area contributed by atoms with Gasteiger partial charge in [0.15, 0.2) is 0 Å². The van der Waals surface area contributed by atoms with E-state index in [2.05, 4.69) is 38.1 Å². The number of esters is 2. The van der Waals surface area contributed by atoms with Crippen molar-refractivity contribution < 1.29 is 19.1 Å². The van der Waals surface area contributed by atoms with Gasteiger partial charge in [-0.1, -0.05) is 61.1 Å². The third-order valence-electron chi connectivity index (χ3n) is 9.15. The lowest BCUT2D eigenvalue weighted by atomic mass is 9.72. The maximum atomic E-state index is 12.7. The average Bonchev–Trinajstić information content (AvgIpc) is 2.86. The lowest BCUT2D eigenvalue weighted by Crippen LogP contribution is -2.24. The van der Waals surface area contributed by atoms with Gasteiger partial charge < -0.3 is 9.47 Å². The van der Waals surface area contributed by atoms with Gasteiger partial charge in [-0.25, -0.2) is 0 Å². The molecular formula is C35H48O4. The molecule has 39 heavy (non-hydrogen) atoms. The molecule has 0 spiro atoms. The molecule has 0 aromatic heterocycles. The summed E-state index contributed by atoms with van der Waals surface area (Å²) in [7, 11) is 0. The maximum absolute atomic E-state index is 12.7. The highest BCUT2D eigenvalue weighted by Gasteiger charge is 2.29. The highest BCUT2D eigenvalue weighted by atomic mass is 16.5. The molecule has 2 saturated carbocycles. The minimum Gasteiger partial charge on any atom is -0.426 e. The average molecular weight is 533 g/mol. The second kappa shape index (κ2) is 13.2. The molecule has 2 aliphatic rings. The van der Waals surface area contributed by atoms with Crippen molar-refractivity contribution in [3.05, 3.63) is 57.6 Å². The molecule has 0 atom stereocenters. The molecular weight excluding hydrogens is 484 g/mol. The van der Waals surface area contributed by atoms with Crippen LogP contribution in [-0.2, 0) is 9.59 Å². The van der Waals surface area contributed by atoms with Gasteiger partial charge in [-0.3, -0.25) is 9.59 Å². The lowest BCUT2D eigenvalue weighted by molar-refractivity contribution is -0.136. The van der Waals surface area contributed by atoms with Gasteiger partial charge in [-0.15, -0.1) is 0 Å². The fourth-order valence-corrected chi connectivity index (χ4v) is 7.25. The standard InChI is InChI=1S/C35H48O4/c1-22-15-24(3)34(25(4)16-22)38-32(36)20-30-11-7-28(8-12-30)19-29-9-13-31(14-10-29)21-33(37)39-35-26(5)17-23(2)18-27(35)6/h15-18,28-31H,7-14,19-21H2,1-6H3. The number of carbonyl (C=O) groups is 2. The predicted molar refractivity (Wildman–Crippen MR) is 157 cm³/mol. The van der Waals surface area contributed by atoms with E-state index >= 15 is 0 Å². The molecule has 0 bridgehead atoms. The van der Waals surface area contributed by atoms with Gasteiger partial charge in [0.05, 0.1) is 0 Å². The smallest absolute Gasteiger partial charge is 0.311 e. The van der Waals surface area contributed by atoms with E-state index in [4.69, 9.17) is 9.47 Å². The minimum absolute atomic E-state index is 0.0851. The number of rotatable bonds is 8. The second-order valence-corrected chi connectivity index (χ2v) is 12.8. The molecule has 4 rings (SSSR count). The highest BCUT2D eigenvalue weighted by molar-refractivity contribution is 5.74. The Morgan fingerprint density at radius 2 is 0.821 bits per heavy atom. The summed E-state index contributed by atoms with van der Waals surface area (Å²) in [6, 6.07) is 8.31. The van der Waals surface area contributed by atoms with Gasteiger partial charge >= 0.3 is 11.9 Å². The largest absolute Gasteiger partial charge is 0.426 e. The van der Waals surface area contributed by atoms with Crippen molar-refractivity contribution in [2.24, 2.45) is 23.7 Å². The summed E-state index contributed by atoms with van der Waals surface area (Å²) in [4.78, 5) is 25.3. The van der Waals surface area contributed by atoms with Crippen LogP contribution in [0.25, 0.3) is 0 Å². The molecule has 2 fully saturated rings. The third kappa shape index (κ3) is 8.19. The van der Waals surface area contributed by atoms with E-state index in [-0.39, 0.29) is 11.9 Å². The summed E-state index contributed by atoms with van der Waals surface area (Å²) >= 11 is 0. The molecule has 0 amide bonds. The van der Waals surface area contributed by atoms with Gasteiger partial charge in [-0.2, -0.15) is 0 Å². The fourth-order valence-electron chi connectivity index (χ4n) is 7.25. The van der Waals surface area contributed by atoms with Crippen LogP contribution in [0.15, 0.2) is 24.3 Å². The number of benzene rings is 2. The quantitative estimate of drug-likeness (QED) is 0.252. The number of aryl methyl sites for hydroxylation is 6. The van der Waals surface area contributed by atoms with E-state index in [1.807, 2.05) is 27.7 Å². The van der Waals surface area contributed by atoms with Gasteiger partial charge in [0.1, 0.15) is 11.5 Å². The van der Waals surface area contributed by atoms with Gasteiger partial charge in [-0.05, 0) is 120 Å². The van der Waals surface area contributed by atoms with Crippen LogP contribution in [0.3, 0.4) is 0 Å². The van der Waals surface area contributed by atoms with E-state index in [1.54, 1.807) is 0 Å². The molecule has 4 heteroatoms. The summed E-state index contributed by atoms with van der Waals surface area (Å²) < 4.78 is 11.6. The molecule has 0 unspecified atom stereocenters. The van der Waals surface area contributed by atoms with Crippen LogP contribution in [0.1, 0.15) is 104 Å². The molecule has 2 aliphatic carbocycles. The van der Waals surface area contributed by atoms with E-state index < -0.39 is 0 Å². The molecule has 212 valence electrons. The van der Waals surface area contributed by atoms with Crippen LogP contribution in [0.4, 0.5) is 0 Å². The Balaban J connectivity index is 1.14. The first kappa shape index (κ1) is 29.4. The predicted octanol–water partition coefficient (Wildman–Crippen LogP) is 8.83. The Morgan fingerprint density at radius 3 is 1.13 bits per heavy atom. The second-order valence-electron chi connectivity index (χ2n) is 12.8. The van der Waals surface area contributed by atoms with Crippen molar-refractivity contribution in [3.63, 3.8) is 0 Å². The first-order valence-electron chi connectivity index (χ1n) is 15.1. The number of hydrogen-bond donors (Lipinski definition) is 0. The summed E-state index contributed by atoms with van der Waals surface area (Å²) in [5, 5.41) is 0. The summed E-state index contributed by atoms with van der Waals surface area (Å²) in [6.45, 7) is 12.2. The van der Waals surface area contributed by atoms with Crippen LogP contribution in [-0.4, -0.2) is 11.9 Å².